The van der Waals surface area contributed by atoms with Crippen LogP contribution in [0.4, 0.5) is 24.5 Å². The molecule has 0 aliphatic heterocycles. The molecule has 1 fully saturated rings. The van der Waals surface area contributed by atoms with Crippen LogP contribution in [0.15, 0.2) is 36.4 Å². The Morgan fingerprint density at radius 3 is 2.24 bits per heavy atom. The second-order valence-electron chi connectivity index (χ2n) is 5.82. The van der Waals surface area contributed by atoms with Gasteiger partial charge in [-0.15, -0.1) is 0 Å². The number of amides is 2. The van der Waals surface area contributed by atoms with Crippen molar-refractivity contribution in [3.8, 4) is 5.75 Å². The average Bonchev–Trinajstić information content (AvgIpc) is 3.34. The van der Waals surface area contributed by atoms with Crippen LogP contribution in [0.1, 0.15) is 12.8 Å². The van der Waals surface area contributed by atoms with Gasteiger partial charge in [-0.05, 0) is 37.1 Å². The highest BCUT2D eigenvalue weighted by atomic mass is 19.1. The summed E-state index contributed by atoms with van der Waals surface area (Å²) >= 11 is 0. The van der Waals surface area contributed by atoms with Gasteiger partial charge in [-0.3, -0.25) is 14.5 Å². The summed E-state index contributed by atoms with van der Waals surface area (Å²) in [6.07, 6.45) is 0.363. The van der Waals surface area contributed by atoms with Crippen LogP contribution >= 0.6 is 0 Å². The standard InChI is InChI=1S/C17H13F3N2O3/c18-9-1-3-13(11(19)7-9)22(10-2-4-14(23)12(20)8-10)16(25)17(5-6-17)15(21)24/h1-4,7-8,23H,5-6H2,(H2,21,24). The van der Waals surface area contributed by atoms with Crippen LogP contribution in [0.2, 0.25) is 0 Å². The lowest BCUT2D eigenvalue weighted by molar-refractivity contribution is -0.133. The minimum absolute atomic E-state index is 0.127. The topological polar surface area (TPSA) is 83.6 Å². The zero-order chi connectivity index (χ0) is 18.4. The maximum atomic E-state index is 14.2. The zero-order valence-electron chi connectivity index (χ0n) is 12.8. The molecule has 8 heteroatoms. The smallest absolute Gasteiger partial charge is 0.247 e. The number of anilines is 2. The molecule has 130 valence electrons. The summed E-state index contributed by atoms with van der Waals surface area (Å²) in [5, 5.41) is 9.31. The zero-order valence-corrected chi connectivity index (χ0v) is 12.8. The number of nitrogens with zero attached hydrogens (tertiary/aromatic N) is 1. The molecule has 2 amide bonds. The van der Waals surface area contributed by atoms with E-state index in [0.717, 1.165) is 29.2 Å². The number of phenols is 1. The number of rotatable bonds is 4. The second kappa shape index (κ2) is 5.80. The molecule has 1 aliphatic rings. The summed E-state index contributed by atoms with van der Waals surface area (Å²) in [6.45, 7) is 0. The minimum atomic E-state index is -1.50. The monoisotopic (exact) mass is 350 g/mol. The SMILES string of the molecule is NC(=O)C1(C(=O)N(c2ccc(O)c(F)c2)c2ccc(F)cc2F)CC1. The van der Waals surface area contributed by atoms with Crippen LogP contribution in [-0.4, -0.2) is 16.9 Å². The molecule has 25 heavy (non-hydrogen) atoms. The predicted octanol–water partition coefficient (Wildman–Crippen LogP) is 2.74. The van der Waals surface area contributed by atoms with E-state index in [4.69, 9.17) is 5.73 Å². The van der Waals surface area contributed by atoms with Crippen molar-refractivity contribution in [3.05, 3.63) is 53.8 Å². The predicted molar refractivity (Wildman–Crippen MR) is 82.4 cm³/mol. The highest BCUT2D eigenvalue weighted by Gasteiger charge is 2.57. The molecule has 1 aliphatic carbocycles. The van der Waals surface area contributed by atoms with E-state index in [9.17, 15) is 27.9 Å². The molecule has 3 N–H and O–H groups in total. The van der Waals surface area contributed by atoms with Gasteiger partial charge < -0.3 is 10.8 Å². The molecule has 0 unspecified atom stereocenters. The minimum Gasteiger partial charge on any atom is -0.505 e. The number of carbonyl (C=O) groups excluding carboxylic acids is 2. The first-order chi connectivity index (χ1) is 11.8. The number of hydrogen-bond acceptors (Lipinski definition) is 3. The van der Waals surface area contributed by atoms with Crippen molar-refractivity contribution in [1.29, 1.82) is 0 Å². The first-order valence-corrected chi connectivity index (χ1v) is 7.34. The fourth-order valence-corrected chi connectivity index (χ4v) is 2.57. The van der Waals surface area contributed by atoms with E-state index >= 15 is 0 Å². The molecule has 0 radical (unpaired) electrons. The number of benzene rings is 2. The Morgan fingerprint density at radius 1 is 1.04 bits per heavy atom. The Kier molecular flexibility index (Phi) is 3.90. The van der Waals surface area contributed by atoms with Gasteiger partial charge in [0.1, 0.15) is 17.0 Å². The van der Waals surface area contributed by atoms with Crippen LogP contribution in [0.25, 0.3) is 0 Å². The van der Waals surface area contributed by atoms with Gasteiger partial charge in [-0.25, -0.2) is 13.2 Å². The van der Waals surface area contributed by atoms with E-state index in [-0.39, 0.29) is 24.2 Å². The van der Waals surface area contributed by atoms with E-state index in [1.54, 1.807) is 0 Å². The molecule has 0 saturated heterocycles. The van der Waals surface area contributed by atoms with Gasteiger partial charge in [0.05, 0.1) is 11.4 Å². The van der Waals surface area contributed by atoms with E-state index in [2.05, 4.69) is 0 Å². The normalized spacial score (nSPS) is 14.8. The lowest BCUT2D eigenvalue weighted by Crippen LogP contribution is -2.41. The maximum absolute atomic E-state index is 14.2. The lowest BCUT2D eigenvalue weighted by Gasteiger charge is -2.27. The van der Waals surface area contributed by atoms with Crippen LogP contribution in [0.5, 0.6) is 5.75 Å². The van der Waals surface area contributed by atoms with E-state index in [1.165, 1.54) is 6.07 Å². The van der Waals surface area contributed by atoms with Gasteiger partial charge in [0.15, 0.2) is 11.6 Å². The molecule has 1 saturated carbocycles. The third-order valence-corrected chi connectivity index (χ3v) is 4.17. The number of aromatic hydroxyl groups is 1. The third-order valence-electron chi connectivity index (χ3n) is 4.17. The average molecular weight is 350 g/mol. The van der Waals surface area contributed by atoms with E-state index in [0.29, 0.717) is 6.07 Å². The van der Waals surface area contributed by atoms with E-state index in [1.807, 2.05) is 0 Å². The van der Waals surface area contributed by atoms with Gasteiger partial charge >= 0.3 is 0 Å². The number of halogens is 3. The van der Waals surface area contributed by atoms with Gasteiger partial charge in [0.25, 0.3) is 0 Å². The van der Waals surface area contributed by atoms with Crippen LogP contribution < -0.4 is 10.6 Å². The van der Waals surface area contributed by atoms with Crippen molar-refractivity contribution in [1.82, 2.24) is 0 Å². The fraction of sp³-hybridized carbons (Fsp3) is 0.176. The molecule has 0 aromatic heterocycles. The summed E-state index contributed by atoms with van der Waals surface area (Å²) in [5.41, 5.74) is 3.30. The van der Waals surface area contributed by atoms with E-state index < -0.39 is 40.4 Å². The number of nitrogens with two attached hydrogens (primary N) is 1. The molecule has 5 nitrogen and oxygen atoms in total. The van der Waals surface area contributed by atoms with Gasteiger partial charge in [0.2, 0.25) is 11.8 Å². The van der Waals surface area contributed by atoms with Gasteiger partial charge in [-0.1, -0.05) is 0 Å². The van der Waals surface area contributed by atoms with Gasteiger partial charge in [-0.2, -0.15) is 0 Å². The Hall–Kier alpha value is -3.03. The van der Waals surface area contributed by atoms with Crippen LogP contribution in [-0.2, 0) is 9.59 Å². The first kappa shape index (κ1) is 16.8. The highest BCUT2D eigenvalue weighted by molar-refractivity contribution is 6.16. The summed E-state index contributed by atoms with van der Waals surface area (Å²) in [4.78, 5) is 25.3. The summed E-state index contributed by atoms with van der Waals surface area (Å²) in [6, 6.07) is 5.47. The highest BCUT2D eigenvalue weighted by Crippen LogP contribution is 2.49. The molecule has 0 bridgehead atoms. The number of phenolic OH excluding ortho intramolecular Hbond substituents is 1. The molecule has 3 rings (SSSR count). The summed E-state index contributed by atoms with van der Waals surface area (Å²) < 4.78 is 41.2. The maximum Gasteiger partial charge on any atom is 0.247 e. The van der Waals surface area contributed by atoms with Crippen molar-refractivity contribution < 1.29 is 27.9 Å². The van der Waals surface area contributed by atoms with Crippen molar-refractivity contribution >= 4 is 23.2 Å². The Bertz CT molecular complexity index is 881. The van der Waals surface area contributed by atoms with Crippen molar-refractivity contribution in [3.63, 3.8) is 0 Å². The van der Waals surface area contributed by atoms with Crippen LogP contribution in [0, 0.1) is 22.9 Å². The number of carbonyl (C=O) groups is 2. The first-order valence-electron chi connectivity index (χ1n) is 7.34. The third kappa shape index (κ3) is 2.79. The molecule has 2 aromatic rings. The number of primary amides is 1. The number of hydrogen-bond donors (Lipinski definition) is 2. The van der Waals surface area contributed by atoms with Crippen molar-refractivity contribution in [2.24, 2.45) is 11.1 Å². The second-order valence-corrected chi connectivity index (χ2v) is 5.82. The molecular formula is C17H13F3N2O3. The Labute approximate surface area is 140 Å². The lowest BCUT2D eigenvalue weighted by atomic mass is 10.0. The summed E-state index contributed by atoms with van der Waals surface area (Å²) in [7, 11) is 0. The largest absolute Gasteiger partial charge is 0.505 e. The summed E-state index contributed by atoms with van der Waals surface area (Å²) in [5.74, 6) is -5.34. The van der Waals surface area contributed by atoms with Crippen molar-refractivity contribution in [2.75, 3.05) is 4.90 Å². The quantitative estimate of drug-likeness (QED) is 0.832. The Balaban J connectivity index is 2.16. The molecule has 0 spiro atoms. The van der Waals surface area contributed by atoms with Crippen molar-refractivity contribution in [2.45, 2.75) is 12.8 Å². The molecular weight excluding hydrogens is 337 g/mol. The fourth-order valence-electron chi connectivity index (χ4n) is 2.57. The van der Waals surface area contributed by atoms with Gasteiger partial charge in [0, 0.05) is 12.1 Å². The van der Waals surface area contributed by atoms with Crippen LogP contribution in [0.3, 0.4) is 0 Å². The molecule has 2 aromatic carbocycles. The molecule has 0 atom stereocenters. The Morgan fingerprint density at radius 2 is 1.72 bits per heavy atom. The molecule has 0 heterocycles.